The van der Waals surface area contributed by atoms with E-state index in [0.717, 1.165) is 0 Å². The van der Waals surface area contributed by atoms with Crippen molar-refractivity contribution in [2.45, 2.75) is 6.92 Å². The topological polar surface area (TPSA) is 69.1 Å². The third-order valence-electron chi connectivity index (χ3n) is 0.382. The zero-order chi connectivity index (χ0) is 5.91. The van der Waals surface area contributed by atoms with Gasteiger partial charge in [0.15, 0.2) is 0 Å². The molecule has 0 aliphatic carbocycles. The molecule has 0 bridgehead atoms. The summed E-state index contributed by atoms with van der Waals surface area (Å²) in [7, 11) is -2.85. The molecule has 0 rings (SSSR count). The maximum atomic E-state index is 10.3. The van der Waals surface area contributed by atoms with Gasteiger partial charge in [-0.15, -0.1) is 0 Å². The molecule has 0 amide bonds. The minimum absolute atomic E-state index is 1.30. The lowest BCUT2D eigenvalue weighted by Crippen LogP contribution is -1.99. The number of hydrogen-bond acceptors (Lipinski definition) is 1. The second-order valence-corrected chi connectivity index (χ2v) is 3.07. The summed E-state index contributed by atoms with van der Waals surface area (Å²) in [5.74, 6) is 1.30. The fourth-order valence-corrected chi connectivity index (χ4v) is 0.699. The Morgan fingerprint density at radius 1 is 1.57 bits per heavy atom. The van der Waals surface area contributed by atoms with E-state index in [4.69, 9.17) is 11.0 Å². The standard InChI is InChI=1S/C3H9N2OP/c1-2-3-7(4,5)6/h2-3H,1H3,(H4,4,5,6). The van der Waals surface area contributed by atoms with E-state index in [1.165, 1.54) is 5.82 Å². The molecule has 0 aliphatic rings. The molecule has 0 unspecified atom stereocenters. The lowest BCUT2D eigenvalue weighted by Gasteiger charge is -1.93. The monoisotopic (exact) mass is 120 g/mol. The van der Waals surface area contributed by atoms with Gasteiger partial charge in [0.05, 0.1) is 0 Å². The van der Waals surface area contributed by atoms with Gasteiger partial charge in [-0.2, -0.15) is 0 Å². The van der Waals surface area contributed by atoms with Crippen LogP contribution in [0.5, 0.6) is 0 Å². The molecule has 0 saturated carbocycles. The summed E-state index contributed by atoms with van der Waals surface area (Å²) >= 11 is 0. The molecular weight excluding hydrogens is 111 g/mol. The molecule has 4 heteroatoms. The minimum atomic E-state index is -2.85. The highest BCUT2D eigenvalue weighted by Crippen LogP contribution is 2.25. The first-order chi connectivity index (χ1) is 3.06. The second-order valence-electron chi connectivity index (χ2n) is 1.25. The molecule has 0 heterocycles. The quantitative estimate of drug-likeness (QED) is 0.498. The summed E-state index contributed by atoms with van der Waals surface area (Å²) < 4.78 is 10.3. The van der Waals surface area contributed by atoms with Gasteiger partial charge >= 0.3 is 0 Å². The van der Waals surface area contributed by atoms with E-state index in [-0.39, 0.29) is 0 Å². The lowest BCUT2D eigenvalue weighted by atomic mass is 10.8. The van der Waals surface area contributed by atoms with Crippen LogP contribution in [0.15, 0.2) is 11.9 Å². The number of hydrogen-bond donors (Lipinski definition) is 2. The number of rotatable bonds is 1. The van der Waals surface area contributed by atoms with Gasteiger partial charge in [-0.1, -0.05) is 6.08 Å². The molecule has 42 valence electrons. The Kier molecular flexibility index (Phi) is 2.23. The van der Waals surface area contributed by atoms with Crippen LogP contribution in [0.3, 0.4) is 0 Å². The van der Waals surface area contributed by atoms with E-state index in [9.17, 15) is 4.57 Å². The molecule has 0 aromatic heterocycles. The fraction of sp³-hybridized carbons (Fsp3) is 0.333. The number of allylic oxidation sites excluding steroid dienone is 1. The first-order valence-corrected chi connectivity index (χ1v) is 3.78. The van der Waals surface area contributed by atoms with Crippen LogP contribution in [0.4, 0.5) is 0 Å². The maximum absolute atomic E-state index is 10.3. The summed E-state index contributed by atoms with van der Waals surface area (Å²) in [5, 5.41) is 0. The SMILES string of the molecule is CC=CP(N)(N)=O. The molecule has 0 aromatic carbocycles. The lowest BCUT2D eigenvalue weighted by molar-refractivity contribution is 0.582. The van der Waals surface area contributed by atoms with Crippen molar-refractivity contribution in [3.8, 4) is 0 Å². The van der Waals surface area contributed by atoms with Crippen molar-refractivity contribution in [2.75, 3.05) is 0 Å². The van der Waals surface area contributed by atoms with E-state index in [0.29, 0.717) is 0 Å². The van der Waals surface area contributed by atoms with Crippen molar-refractivity contribution in [3.63, 3.8) is 0 Å². The molecule has 0 aromatic rings. The van der Waals surface area contributed by atoms with Crippen LogP contribution in [0, 0.1) is 0 Å². The van der Waals surface area contributed by atoms with E-state index < -0.39 is 7.44 Å². The first kappa shape index (κ1) is 6.89. The highest BCUT2D eigenvalue weighted by Gasteiger charge is 1.96. The number of nitrogens with two attached hydrogens (primary N) is 2. The molecule has 0 fully saturated rings. The van der Waals surface area contributed by atoms with E-state index >= 15 is 0 Å². The van der Waals surface area contributed by atoms with Gasteiger partial charge in [0.25, 0.3) is 0 Å². The molecule has 4 N–H and O–H groups in total. The van der Waals surface area contributed by atoms with Crippen LogP contribution in [0.25, 0.3) is 0 Å². The van der Waals surface area contributed by atoms with Gasteiger partial charge < -0.3 is 0 Å². The van der Waals surface area contributed by atoms with Crippen LogP contribution in [0.2, 0.25) is 0 Å². The smallest absolute Gasteiger partial charge is 0.228 e. The average molecular weight is 120 g/mol. The van der Waals surface area contributed by atoms with Crippen molar-refractivity contribution in [1.29, 1.82) is 0 Å². The fourth-order valence-electron chi connectivity index (χ4n) is 0.233. The van der Waals surface area contributed by atoms with Crippen LogP contribution < -0.4 is 11.0 Å². The van der Waals surface area contributed by atoms with Crippen molar-refractivity contribution < 1.29 is 4.57 Å². The summed E-state index contributed by atoms with van der Waals surface area (Å²) in [6, 6.07) is 0. The Morgan fingerprint density at radius 3 is 2.00 bits per heavy atom. The summed E-state index contributed by atoms with van der Waals surface area (Å²) in [5.41, 5.74) is 9.78. The normalized spacial score (nSPS) is 13.0. The van der Waals surface area contributed by atoms with Crippen LogP contribution in [-0.4, -0.2) is 0 Å². The van der Waals surface area contributed by atoms with Gasteiger partial charge in [0.1, 0.15) is 0 Å². The van der Waals surface area contributed by atoms with Gasteiger partial charge in [-0.25, -0.2) is 0 Å². The van der Waals surface area contributed by atoms with Crippen molar-refractivity contribution in [3.05, 3.63) is 11.9 Å². The first-order valence-electron chi connectivity index (χ1n) is 1.87. The highest BCUT2D eigenvalue weighted by atomic mass is 31.2. The van der Waals surface area contributed by atoms with Crippen LogP contribution in [0.1, 0.15) is 6.92 Å². The molecule has 0 atom stereocenters. The van der Waals surface area contributed by atoms with Gasteiger partial charge in [-0.3, -0.25) is 15.6 Å². The van der Waals surface area contributed by atoms with Gasteiger partial charge in [-0.05, 0) is 12.7 Å². The summed E-state index contributed by atoms with van der Waals surface area (Å²) in [6.07, 6.45) is 1.57. The summed E-state index contributed by atoms with van der Waals surface area (Å²) in [4.78, 5) is 0. The predicted molar refractivity (Wildman–Crippen MR) is 30.8 cm³/mol. The third-order valence-corrected chi connectivity index (χ3v) is 1.15. The Bertz CT molecular complexity index is 114. The molecule has 0 radical (unpaired) electrons. The van der Waals surface area contributed by atoms with Crippen molar-refractivity contribution in [2.24, 2.45) is 11.0 Å². The second kappa shape index (κ2) is 2.26. The maximum Gasteiger partial charge on any atom is 0.228 e. The molecule has 3 nitrogen and oxygen atoms in total. The zero-order valence-electron chi connectivity index (χ0n) is 4.16. The molecule has 7 heavy (non-hydrogen) atoms. The van der Waals surface area contributed by atoms with Gasteiger partial charge in [0, 0.05) is 0 Å². The minimum Gasteiger partial charge on any atom is -0.285 e. The Balaban J connectivity index is 3.82. The van der Waals surface area contributed by atoms with Crippen LogP contribution in [-0.2, 0) is 4.57 Å². The summed E-state index contributed by atoms with van der Waals surface area (Å²) in [6.45, 7) is 1.71. The Morgan fingerprint density at radius 2 is 2.00 bits per heavy atom. The van der Waals surface area contributed by atoms with Gasteiger partial charge in [0.2, 0.25) is 7.44 Å². The third kappa shape index (κ3) is 5.89. The Labute approximate surface area is 42.9 Å². The largest absolute Gasteiger partial charge is 0.285 e. The molecule has 0 aliphatic heterocycles. The predicted octanol–water partition coefficient (Wildman–Crippen LogP) is 0.631. The van der Waals surface area contributed by atoms with Crippen molar-refractivity contribution in [1.82, 2.24) is 0 Å². The van der Waals surface area contributed by atoms with Crippen LogP contribution >= 0.6 is 7.44 Å². The van der Waals surface area contributed by atoms with E-state index in [1.54, 1.807) is 13.0 Å². The van der Waals surface area contributed by atoms with E-state index in [2.05, 4.69) is 0 Å². The molecule has 0 spiro atoms. The van der Waals surface area contributed by atoms with E-state index in [1.807, 2.05) is 0 Å². The molecular formula is C3H9N2OP. The zero-order valence-corrected chi connectivity index (χ0v) is 5.06. The highest BCUT2D eigenvalue weighted by molar-refractivity contribution is 7.62. The average Bonchev–Trinajstić information content (AvgIpc) is 1.30. The Hall–Kier alpha value is -0.110. The van der Waals surface area contributed by atoms with Crippen molar-refractivity contribution >= 4 is 7.44 Å². The molecule has 0 saturated heterocycles.